The van der Waals surface area contributed by atoms with Crippen LogP contribution < -0.4 is 10.6 Å². The molecule has 1 atom stereocenters. The normalized spacial score (nSPS) is 20.8. The van der Waals surface area contributed by atoms with E-state index in [9.17, 15) is 8.42 Å². The third kappa shape index (κ3) is 2.82. The van der Waals surface area contributed by atoms with Crippen LogP contribution in [0.4, 0.5) is 11.8 Å². The molecule has 3 heterocycles. The minimum Gasteiger partial charge on any atom is -0.368 e. The Hall–Kier alpha value is -1.41. The predicted octanol–water partition coefficient (Wildman–Crippen LogP) is 2.03. The van der Waals surface area contributed by atoms with Crippen LogP contribution in [0.5, 0.6) is 0 Å². The smallest absolute Gasteiger partial charge is 0.225 e. The van der Waals surface area contributed by atoms with Gasteiger partial charge in [-0.15, -0.1) is 11.3 Å². The van der Waals surface area contributed by atoms with Crippen molar-refractivity contribution in [2.45, 2.75) is 25.0 Å². The lowest BCUT2D eigenvalue weighted by molar-refractivity contribution is 0.591. The van der Waals surface area contributed by atoms with Gasteiger partial charge in [0, 0.05) is 18.5 Å². The third-order valence-corrected chi connectivity index (χ3v) is 6.92. The molecule has 0 spiro atoms. The number of hydrogen-bond acceptors (Lipinski definition) is 7. The van der Waals surface area contributed by atoms with Crippen molar-refractivity contribution in [1.82, 2.24) is 9.97 Å². The molecule has 0 aromatic carbocycles. The molecular weight excluding hydrogens is 308 g/mol. The first-order valence-corrected chi connectivity index (χ1v) is 9.44. The summed E-state index contributed by atoms with van der Waals surface area (Å²) in [6.45, 7) is 2.43. The van der Waals surface area contributed by atoms with Crippen molar-refractivity contribution in [2.24, 2.45) is 0 Å². The van der Waals surface area contributed by atoms with Gasteiger partial charge >= 0.3 is 0 Å². The van der Waals surface area contributed by atoms with E-state index in [0.717, 1.165) is 27.9 Å². The molecule has 0 saturated carbocycles. The van der Waals surface area contributed by atoms with E-state index in [2.05, 4.69) is 20.6 Å². The lowest BCUT2D eigenvalue weighted by atomic mass is 10.2. The average molecular weight is 326 g/mol. The highest BCUT2D eigenvalue weighted by Crippen LogP contribution is 2.30. The van der Waals surface area contributed by atoms with E-state index >= 15 is 0 Å². The average Bonchev–Trinajstić information content (AvgIpc) is 2.97. The summed E-state index contributed by atoms with van der Waals surface area (Å²) in [4.78, 5) is 10.9. The second-order valence-electron chi connectivity index (χ2n) is 5.23. The molecule has 1 unspecified atom stereocenters. The fraction of sp³-hybridized carbons (Fsp3) is 0.538. The quantitative estimate of drug-likeness (QED) is 0.894. The summed E-state index contributed by atoms with van der Waals surface area (Å²) in [6.07, 6.45) is 1.48. The minimum atomic E-state index is -2.94. The largest absolute Gasteiger partial charge is 0.368 e. The van der Waals surface area contributed by atoms with Gasteiger partial charge in [-0.05, 0) is 25.8 Å². The molecule has 1 aliphatic rings. The maximum Gasteiger partial charge on any atom is 0.225 e. The van der Waals surface area contributed by atoms with Gasteiger partial charge in [0.25, 0.3) is 0 Å². The SMILES string of the molecule is CNc1nc(NCC2CCCS2(=O)=O)c2cc(C)sc2n1. The number of aromatic nitrogens is 2. The molecule has 0 aliphatic carbocycles. The van der Waals surface area contributed by atoms with E-state index < -0.39 is 9.84 Å². The summed E-state index contributed by atoms with van der Waals surface area (Å²) in [5.74, 6) is 1.55. The van der Waals surface area contributed by atoms with Crippen molar-refractivity contribution in [3.05, 3.63) is 10.9 Å². The Balaban J connectivity index is 1.89. The second kappa shape index (κ2) is 5.42. The molecule has 3 rings (SSSR count). The number of hydrogen-bond donors (Lipinski definition) is 2. The topological polar surface area (TPSA) is 84.0 Å². The van der Waals surface area contributed by atoms with E-state index in [4.69, 9.17) is 0 Å². The van der Waals surface area contributed by atoms with Crippen LogP contribution in [0.2, 0.25) is 0 Å². The van der Waals surface area contributed by atoms with Gasteiger partial charge in [0.1, 0.15) is 10.6 Å². The Morgan fingerprint density at radius 1 is 1.43 bits per heavy atom. The molecule has 2 aromatic rings. The number of nitrogens with zero attached hydrogens (tertiary/aromatic N) is 2. The van der Waals surface area contributed by atoms with Gasteiger partial charge in [0.2, 0.25) is 5.95 Å². The Morgan fingerprint density at radius 3 is 2.90 bits per heavy atom. The fourth-order valence-electron chi connectivity index (χ4n) is 2.59. The molecule has 0 radical (unpaired) electrons. The van der Waals surface area contributed by atoms with E-state index in [1.165, 1.54) is 0 Å². The molecule has 2 N–H and O–H groups in total. The molecular formula is C13H18N4O2S2. The molecule has 8 heteroatoms. The van der Waals surface area contributed by atoms with Crippen LogP contribution in [0.3, 0.4) is 0 Å². The zero-order valence-electron chi connectivity index (χ0n) is 12.0. The highest BCUT2D eigenvalue weighted by molar-refractivity contribution is 7.92. The molecule has 114 valence electrons. The van der Waals surface area contributed by atoms with Crippen LogP contribution >= 0.6 is 11.3 Å². The first-order valence-electron chi connectivity index (χ1n) is 6.91. The monoisotopic (exact) mass is 326 g/mol. The fourth-order valence-corrected chi connectivity index (χ4v) is 5.23. The van der Waals surface area contributed by atoms with E-state index in [0.29, 0.717) is 24.1 Å². The summed E-state index contributed by atoms with van der Waals surface area (Å²) in [5.41, 5.74) is 0. The Morgan fingerprint density at radius 2 is 2.24 bits per heavy atom. The maximum atomic E-state index is 11.9. The number of anilines is 2. The number of thiophene rings is 1. The predicted molar refractivity (Wildman–Crippen MR) is 87.0 cm³/mol. The Labute approximate surface area is 127 Å². The van der Waals surface area contributed by atoms with E-state index in [-0.39, 0.29) is 5.25 Å². The first kappa shape index (κ1) is 14.5. The molecule has 0 bridgehead atoms. The van der Waals surface area contributed by atoms with Gasteiger partial charge in [-0.2, -0.15) is 4.98 Å². The first-order chi connectivity index (χ1) is 9.99. The van der Waals surface area contributed by atoms with Crippen LogP contribution in [0, 0.1) is 6.92 Å². The molecule has 6 nitrogen and oxygen atoms in total. The van der Waals surface area contributed by atoms with Crippen LogP contribution in [0.1, 0.15) is 17.7 Å². The van der Waals surface area contributed by atoms with Gasteiger partial charge in [-0.1, -0.05) is 0 Å². The zero-order chi connectivity index (χ0) is 15.0. The summed E-state index contributed by atoms with van der Waals surface area (Å²) >= 11 is 1.60. The molecule has 2 aromatic heterocycles. The highest BCUT2D eigenvalue weighted by atomic mass is 32.2. The van der Waals surface area contributed by atoms with E-state index in [1.54, 1.807) is 18.4 Å². The van der Waals surface area contributed by atoms with Gasteiger partial charge in [0.15, 0.2) is 9.84 Å². The third-order valence-electron chi connectivity index (χ3n) is 3.70. The van der Waals surface area contributed by atoms with Crippen molar-refractivity contribution < 1.29 is 8.42 Å². The van der Waals surface area contributed by atoms with Gasteiger partial charge in [-0.3, -0.25) is 0 Å². The molecule has 1 aliphatic heterocycles. The summed E-state index contributed by atoms with van der Waals surface area (Å²) < 4.78 is 23.8. The summed E-state index contributed by atoms with van der Waals surface area (Å²) in [7, 11) is -1.17. The summed E-state index contributed by atoms with van der Waals surface area (Å²) in [6, 6.07) is 2.03. The minimum absolute atomic E-state index is 0.303. The molecule has 21 heavy (non-hydrogen) atoms. The maximum absolute atomic E-state index is 11.9. The number of nitrogens with one attached hydrogen (secondary N) is 2. The number of aryl methyl sites for hydroxylation is 1. The van der Waals surface area contributed by atoms with Gasteiger partial charge in [-0.25, -0.2) is 13.4 Å². The summed E-state index contributed by atoms with van der Waals surface area (Å²) in [5, 5.41) is 6.79. The molecule has 0 amide bonds. The van der Waals surface area contributed by atoms with Crippen LogP contribution in [0.25, 0.3) is 10.2 Å². The van der Waals surface area contributed by atoms with Crippen molar-refractivity contribution in [2.75, 3.05) is 30.0 Å². The number of sulfone groups is 1. The lowest BCUT2D eigenvalue weighted by Crippen LogP contribution is -2.25. The van der Waals surface area contributed by atoms with Crippen LogP contribution in [0.15, 0.2) is 6.07 Å². The second-order valence-corrected chi connectivity index (χ2v) is 8.87. The van der Waals surface area contributed by atoms with Gasteiger partial charge < -0.3 is 10.6 Å². The van der Waals surface area contributed by atoms with Crippen molar-refractivity contribution in [3.63, 3.8) is 0 Å². The Kier molecular flexibility index (Phi) is 3.75. The Bertz CT molecular complexity index is 770. The van der Waals surface area contributed by atoms with Crippen molar-refractivity contribution >= 4 is 43.2 Å². The molecule has 1 saturated heterocycles. The van der Waals surface area contributed by atoms with Crippen LogP contribution in [-0.4, -0.2) is 43.0 Å². The zero-order valence-corrected chi connectivity index (χ0v) is 13.6. The van der Waals surface area contributed by atoms with E-state index in [1.807, 2.05) is 13.0 Å². The number of rotatable bonds is 4. The standard InChI is InChI=1S/C13H18N4O2S2/c1-8-6-10-11(16-13(14-2)17-12(10)20-8)15-7-9-4-3-5-21(9,18)19/h6,9H,3-5,7H2,1-2H3,(H2,14,15,16,17). The highest BCUT2D eigenvalue weighted by Gasteiger charge is 2.31. The molecule has 1 fully saturated rings. The van der Waals surface area contributed by atoms with Crippen molar-refractivity contribution in [1.29, 1.82) is 0 Å². The number of fused-ring (bicyclic) bond motifs is 1. The van der Waals surface area contributed by atoms with Crippen molar-refractivity contribution in [3.8, 4) is 0 Å². The van der Waals surface area contributed by atoms with Gasteiger partial charge in [0.05, 0.1) is 16.4 Å². The van der Waals surface area contributed by atoms with Crippen LogP contribution in [-0.2, 0) is 9.84 Å². The lowest BCUT2D eigenvalue weighted by Gasteiger charge is -2.12.